The van der Waals surface area contributed by atoms with E-state index in [0.717, 1.165) is 17.7 Å². The number of hydrogen-bond donors (Lipinski definition) is 1. The van der Waals surface area contributed by atoms with Gasteiger partial charge >= 0.3 is 0 Å². The second kappa shape index (κ2) is 4.67. The molecule has 4 nitrogen and oxygen atoms in total. The van der Waals surface area contributed by atoms with E-state index in [9.17, 15) is 18.4 Å². The number of carbonyl (C=O) groups is 2. The van der Waals surface area contributed by atoms with Crippen molar-refractivity contribution in [2.75, 3.05) is 6.54 Å². The first kappa shape index (κ1) is 15.2. The highest BCUT2D eigenvalue weighted by molar-refractivity contribution is 6.00. The number of carbonyl (C=O) groups excluding carboxylic acids is 2. The average Bonchev–Trinajstić information content (AvgIpc) is 3.06. The summed E-state index contributed by atoms with van der Waals surface area (Å²) in [6.07, 6.45) is -0.936. The standard InChI is InChI=1S/C14H22F2N2O2/c1-13(2,3)10-11(19)17-14(4,8-5-6-8)12(20)18(10)7-9(15)16/h8-10H,5-7H2,1-4H3,(H,17,19). The molecule has 1 saturated carbocycles. The van der Waals surface area contributed by atoms with E-state index >= 15 is 0 Å². The molecule has 0 spiro atoms. The van der Waals surface area contributed by atoms with Gasteiger partial charge in [0.05, 0.1) is 6.54 Å². The number of hydrogen-bond acceptors (Lipinski definition) is 2. The zero-order valence-electron chi connectivity index (χ0n) is 12.4. The molecule has 0 aromatic carbocycles. The first-order chi connectivity index (χ1) is 9.07. The van der Waals surface area contributed by atoms with Crippen LogP contribution in [0.15, 0.2) is 0 Å². The van der Waals surface area contributed by atoms with Crippen LogP contribution in [0.5, 0.6) is 0 Å². The van der Waals surface area contributed by atoms with Gasteiger partial charge in [-0.2, -0.15) is 0 Å². The fraction of sp³-hybridized carbons (Fsp3) is 0.857. The molecule has 2 atom stereocenters. The van der Waals surface area contributed by atoms with Crippen molar-refractivity contribution >= 4 is 11.8 Å². The second-order valence-corrected chi connectivity index (χ2v) is 7.08. The van der Waals surface area contributed by atoms with Gasteiger partial charge in [-0.05, 0) is 31.1 Å². The van der Waals surface area contributed by atoms with E-state index in [1.54, 1.807) is 27.7 Å². The lowest BCUT2D eigenvalue weighted by Crippen LogP contribution is -2.73. The van der Waals surface area contributed by atoms with Crippen molar-refractivity contribution in [2.24, 2.45) is 11.3 Å². The smallest absolute Gasteiger partial charge is 0.255 e. The van der Waals surface area contributed by atoms with E-state index in [1.165, 1.54) is 0 Å². The largest absolute Gasteiger partial charge is 0.340 e. The van der Waals surface area contributed by atoms with Gasteiger partial charge in [-0.25, -0.2) is 8.78 Å². The summed E-state index contributed by atoms with van der Waals surface area (Å²) in [5, 5.41) is 2.79. The Balaban J connectivity index is 2.36. The number of amides is 2. The third-order valence-corrected chi connectivity index (χ3v) is 4.20. The van der Waals surface area contributed by atoms with E-state index in [0.29, 0.717) is 0 Å². The highest BCUT2D eigenvalue weighted by Gasteiger charge is 2.57. The molecule has 1 aliphatic heterocycles. The van der Waals surface area contributed by atoms with Crippen LogP contribution in [0.25, 0.3) is 0 Å². The summed E-state index contributed by atoms with van der Waals surface area (Å²) in [5.74, 6) is -0.632. The van der Waals surface area contributed by atoms with Gasteiger partial charge < -0.3 is 10.2 Å². The van der Waals surface area contributed by atoms with Crippen molar-refractivity contribution in [2.45, 2.75) is 58.5 Å². The molecule has 2 fully saturated rings. The van der Waals surface area contributed by atoms with Gasteiger partial charge in [-0.1, -0.05) is 20.8 Å². The average molecular weight is 288 g/mol. The van der Waals surface area contributed by atoms with Crippen LogP contribution in [0.4, 0.5) is 8.78 Å². The Hall–Kier alpha value is -1.20. The van der Waals surface area contributed by atoms with Crippen LogP contribution >= 0.6 is 0 Å². The van der Waals surface area contributed by atoms with Crippen molar-refractivity contribution in [3.63, 3.8) is 0 Å². The molecule has 2 unspecified atom stereocenters. The Morgan fingerprint density at radius 3 is 2.30 bits per heavy atom. The van der Waals surface area contributed by atoms with Crippen LogP contribution in [-0.2, 0) is 9.59 Å². The van der Waals surface area contributed by atoms with E-state index in [4.69, 9.17) is 0 Å². The normalized spacial score (nSPS) is 31.8. The molecular formula is C14H22F2N2O2. The Morgan fingerprint density at radius 1 is 1.35 bits per heavy atom. The predicted octanol–water partition coefficient (Wildman–Crippen LogP) is 1.79. The molecular weight excluding hydrogens is 266 g/mol. The van der Waals surface area contributed by atoms with Crippen molar-refractivity contribution in [3.05, 3.63) is 0 Å². The molecule has 0 aromatic rings. The molecule has 1 N–H and O–H groups in total. The lowest BCUT2D eigenvalue weighted by molar-refractivity contribution is -0.162. The maximum atomic E-state index is 12.8. The quantitative estimate of drug-likeness (QED) is 0.861. The molecule has 0 radical (unpaired) electrons. The Kier molecular flexibility index (Phi) is 3.55. The Labute approximate surface area is 117 Å². The molecule has 1 aliphatic carbocycles. The zero-order chi connectivity index (χ0) is 15.3. The zero-order valence-corrected chi connectivity index (χ0v) is 12.4. The minimum Gasteiger partial charge on any atom is -0.340 e. The van der Waals surface area contributed by atoms with E-state index in [1.807, 2.05) is 0 Å². The van der Waals surface area contributed by atoms with Gasteiger partial charge in [0.2, 0.25) is 11.8 Å². The Morgan fingerprint density at radius 2 is 1.90 bits per heavy atom. The third-order valence-electron chi connectivity index (χ3n) is 4.20. The first-order valence-corrected chi connectivity index (χ1v) is 6.98. The fourth-order valence-corrected chi connectivity index (χ4v) is 3.07. The molecule has 20 heavy (non-hydrogen) atoms. The third kappa shape index (κ3) is 2.52. The monoisotopic (exact) mass is 288 g/mol. The van der Waals surface area contributed by atoms with Crippen LogP contribution in [0.2, 0.25) is 0 Å². The van der Waals surface area contributed by atoms with Crippen molar-refractivity contribution in [1.82, 2.24) is 10.2 Å². The lowest BCUT2D eigenvalue weighted by atomic mass is 9.79. The fourth-order valence-electron chi connectivity index (χ4n) is 3.07. The summed E-state index contributed by atoms with van der Waals surface area (Å²) >= 11 is 0. The molecule has 2 rings (SSSR count). The number of nitrogens with zero attached hydrogens (tertiary/aromatic N) is 1. The molecule has 0 bridgehead atoms. The van der Waals surface area contributed by atoms with Gasteiger partial charge in [0.25, 0.3) is 6.43 Å². The summed E-state index contributed by atoms with van der Waals surface area (Å²) in [5.41, 5.74) is -1.60. The molecule has 2 aliphatic rings. The van der Waals surface area contributed by atoms with Crippen molar-refractivity contribution in [1.29, 1.82) is 0 Å². The summed E-state index contributed by atoms with van der Waals surface area (Å²) < 4.78 is 25.6. The summed E-state index contributed by atoms with van der Waals surface area (Å²) in [6, 6.07) is -0.851. The second-order valence-electron chi connectivity index (χ2n) is 7.08. The van der Waals surface area contributed by atoms with Crippen molar-refractivity contribution in [3.8, 4) is 0 Å². The summed E-state index contributed by atoms with van der Waals surface area (Å²) in [6.45, 7) is 6.31. The SMILES string of the molecule is CC(C)(C)C1C(=O)NC(C)(C2CC2)C(=O)N1CC(F)F. The minimum atomic E-state index is -2.64. The number of nitrogens with one attached hydrogen (secondary N) is 1. The predicted molar refractivity (Wildman–Crippen MR) is 70.2 cm³/mol. The van der Waals surface area contributed by atoms with Crippen LogP contribution in [0.3, 0.4) is 0 Å². The number of alkyl halides is 2. The van der Waals surface area contributed by atoms with Crippen LogP contribution in [0, 0.1) is 11.3 Å². The highest BCUT2D eigenvalue weighted by atomic mass is 19.3. The topological polar surface area (TPSA) is 49.4 Å². The number of halogens is 2. The van der Waals surface area contributed by atoms with E-state index in [-0.39, 0.29) is 17.7 Å². The molecule has 1 saturated heterocycles. The minimum absolute atomic E-state index is 0.0695. The number of rotatable bonds is 3. The molecule has 0 aromatic heterocycles. The first-order valence-electron chi connectivity index (χ1n) is 6.98. The van der Waals surface area contributed by atoms with Gasteiger partial charge in [0.1, 0.15) is 11.6 Å². The van der Waals surface area contributed by atoms with Gasteiger partial charge in [0, 0.05) is 0 Å². The van der Waals surface area contributed by atoms with Crippen LogP contribution in [0.1, 0.15) is 40.5 Å². The lowest BCUT2D eigenvalue weighted by Gasteiger charge is -2.48. The highest BCUT2D eigenvalue weighted by Crippen LogP contribution is 2.43. The van der Waals surface area contributed by atoms with Gasteiger partial charge in [0.15, 0.2) is 0 Å². The van der Waals surface area contributed by atoms with Gasteiger partial charge in [-0.3, -0.25) is 9.59 Å². The van der Waals surface area contributed by atoms with Crippen molar-refractivity contribution < 1.29 is 18.4 Å². The van der Waals surface area contributed by atoms with E-state index < -0.39 is 30.0 Å². The Bertz CT molecular complexity index is 429. The summed E-state index contributed by atoms with van der Waals surface area (Å²) in [4.78, 5) is 26.1. The van der Waals surface area contributed by atoms with Crippen LogP contribution < -0.4 is 5.32 Å². The number of piperazine rings is 1. The van der Waals surface area contributed by atoms with Gasteiger partial charge in [-0.15, -0.1) is 0 Å². The molecule has 1 heterocycles. The molecule has 6 heteroatoms. The maximum Gasteiger partial charge on any atom is 0.255 e. The van der Waals surface area contributed by atoms with E-state index in [2.05, 4.69) is 5.32 Å². The molecule has 114 valence electrons. The maximum absolute atomic E-state index is 12.8. The summed E-state index contributed by atoms with van der Waals surface area (Å²) in [7, 11) is 0. The van der Waals surface area contributed by atoms with Crippen LogP contribution in [-0.4, -0.2) is 41.3 Å². The molecule has 2 amide bonds.